The highest BCUT2D eigenvalue weighted by Gasteiger charge is 2.41. The molecule has 45 heteroatoms. The second-order valence-corrected chi connectivity index (χ2v) is 26.3. The third-order valence-corrected chi connectivity index (χ3v) is 17.3. The second kappa shape index (κ2) is 36.6. The Hall–Kier alpha value is -9.52. The number of aromatic nitrogens is 5. The van der Waals surface area contributed by atoms with Crippen LogP contribution in [0.3, 0.4) is 0 Å². The molecule has 5 aromatic rings. The molecule has 4 heterocycles. The first-order valence-corrected chi connectivity index (χ1v) is 34.0. The number of nitrogens with one attached hydrogen (secondary N) is 5. The average molecular weight is 1480 g/mol. The standard InChI is InChI=1S/C21H23ClFNO5.C14H10F4N4O7S.C14H17N5O7S2.C3H8NO5P/c1-2-3-6-9-28-19(25)12-29-18-11-17(16(23)10-15(18)22)24-20(26)13-7-4-5-8-14(13)21(24)27;15-11(16)28-8-5-9(29-12(17)18)20-13(19-8)21-14(25)22-30(26,27)7-4-2-1-3-6(7)10(23)24;1-4-27(21,22)9-6-5-7-15-12(9)28(23,24)19-14(20)18-13-16-10(25-2)8-11(17-13)26-3;5-3(6)1-4-2-10(7,8)9/h10-11H,2-9,12H2,1H3;1-5,11-12H,(H,23,24)(H2,19,20,21,22,25);5-8H,4H2,1-3H3,(H2,16,17,18,19,20);4H,1-2H2,(H,5,6)(H2,7,8,9). The number of alkyl halides is 4. The Bertz CT molecular complexity index is 4070. The number of pyridine rings is 1. The van der Waals surface area contributed by atoms with Crippen molar-refractivity contribution < 1.29 is 134 Å². The molecule has 0 radical (unpaired) electrons. The zero-order valence-electron chi connectivity index (χ0n) is 50.6. The van der Waals surface area contributed by atoms with Crippen LogP contribution < -0.4 is 54.0 Å². The number of sulfonamides is 2. The van der Waals surface area contributed by atoms with Gasteiger partial charge in [0.1, 0.15) is 21.4 Å². The van der Waals surface area contributed by atoms with Gasteiger partial charge in [-0.3, -0.25) is 34.9 Å². The van der Waals surface area contributed by atoms with E-state index in [2.05, 4.69) is 45.0 Å². The molecule has 1 aliphatic heterocycles. The number of hydrogen-bond acceptors (Lipinski definition) is 26. The van der Waals surface area contributed by atoms with E-state index in [0.717, 1.165) is 67.5 Å². The number of sulfone groups is 1. The summed E-state index contributed by atoms with van der Waals surface area (Å²) < 4.78 is 179. The van der Waals surface area contributed by atoms with Crippen LogP contribution in [-0.4, -0.2) is 171 Å². The summed E-state index contributed by atoms with van der Waals surface area (Å²) in [7, 11) is -14.7. The molecule has 6 amide bonds. The largest absolute Gasteiger partial charge is 0.481 e. The Kier molecular flexibility index (Phi) is 30.1. The van der Waals surface area contributed by atoms with Crippen molar-refractivity contribution in [1.82, 2.24) is 39.7 Å². The Morgan fingerprint density at radius 1 is 0.722 bits per heavy atom. The fourth-order valence-electron chi connectivity index (χ4n) is 7.66. The Labute approximate surface area is 551 Å². The van der Waals surface area contributed by atoms with Gasteiger partial charge in [0.15, 0.2) is 21.5 Å². The van der Waals surface area contributed by atoms with Crippen molar-refractivity contribution in [1.29, 1.82) is 0 Å². The normalized spacial score (nSPS) is 12.9. The van der Waals surface area contributed by atoms with Gasteiger partial charge in [-0.2, -0.15) is 45.9 Å². The Balaban J connectivity index is 0.000000288. The molecule has 35 nitrogen and oxygen atoms in total. The number of benzene rings is 2. The van der Waals surface area contributed by atoms with E-state index in [0.29, 0.717) is 36.7 Å². The van der Waals surface area contributed by atoms with Crippen LogP contribution >= 0.6 is 19.2 Å². The molecule has 0 saturated carbocycles. The molecule has 2 aromatic carbocycles. The van der Waals surface area contributed by atoms with Crippen molar-refractivity contribution >= 4 is 108 Å². The van der Waals surface area contributed by atoms with Gasteiger partial charge >= 0.3 is 50.8 Å². The number of urea groups is 2. The summed E-state index contributed by atoms with van der Waals surface area (Å²) in [5.41, 5.74) is 0.0292. The number of hydrogen-bond donors (Lipinski definition) is 9. The molecule has 0 bridgehead atoms. The first-order valence-electron chi connectivity index (χ1n) is 27.2. The van der Waals surface area contributed by atoms with E-state index >= 15 is 0 Å². The van der Waals surface area contributed by atoms with Gasteiger partial charge in [-0.05, 0) is 62.4 Å². The van der Waals surface area contributed by atoms with Crippen LogP contribution in [0.25, 0.3) is 0 Å². The number of methoxy groups -OCH3 is 2. The van der Waals surface area contributed by atoms with Crippen LogP contribution in [-0.2, 0) is 58.4 Å². The maximum absolute atomic E-state index is 14.5. The quantitative estimate of drug-likeness (QED) is 0.0107. The molecule has 1 aliphatic carbocycles. The number of carboxylic acid groups (broad SMARTS) is 2. The number of aliphatic carboxylic acids is 1. The lowest BCUT2D eigenvalue weighted by molar-refractivity contribution is -0.146. The van der Waals surface area contributed by atoms with Crippen molar-refractivity contribution in [2.24, 2.45) is 0 Å². The van der Waals surface area contributed by atoms with Gasteiger partial charge in [0, 0.05) is 23.4 Å². The minimum absolute atomic E-state index is 0.000883. The van der Waals surface area contributed by atoms with Gasteiger partial charge in [-0.1, -0.05) is 50.4 Å². The number of amides is 6. The highest BCUT2D eigenvalue weighted by atomic mass is 35.5. The number of carbonyl (C=O) groups excluding carboxylic acids is 5. The smallest absolute Gasteiger partial charge is 0.388 e. The highest BCUT2D eigenvalue weighted by Crippen LogP contribution is 2.40. The number of aromatic carboxylic acids is 1. The molecule has 9 N–H and O–H groups in total. The van der Waals surface area contributed by atoms with Gasteiger partial charge in [0.25, 0.3) is 31.9 Å². The van der Waals surface area contributed by atoms with Crippen LogP contribution in [0.1, 0.15) is 69.2 Å². The van der Waals surface area contributed by atoms with Gasteiger partial charge in [0.2, 0.25) is 35.4 Å². The number of esters is 1. The van der Waals surface area contributed by atoms with Crippen molar-refractivity contribution in [3.8, 4) is 29.3 Å². The van der Waals surface area contributed by atoms with Crippen LogP contribution in [0, 0.1) is 5.82 Å². The molecule has 0 atom stereocenters. The molecule has 0 unspecified atom stereocenters. The van der Waals surface area contributed by atoms with E-state index < -0.39 is 156 Å². The molecule has 2 aliphatic rings. The molecular weight excluding hydrogens is 1420 g/mol. The molecule has 7 rings (SSSR count). The number of anilines is 3. The molecular formula is C52H58ClF5N11O24PS3. The predicted octanol–water partition coefficient (Wildman–Crippen LogP) is 5.21. The van der Waals surface area contributed by atoms with Crippen molar-refractivity contribution in [3.63, 3.8) is 0 Å². The van der Waals surface area contributed by atoms with E-state index in [1.165, 1.54) is 56.2 Å². The van der Waals surface area contributed by atoms with E-state index in [1.54, 1.807) is 10.0 Å². The summed E-state index contributed by atoms with van der Waals surface area (Å²) in [6.45, 7) is -3.97. The topological polar surface area (TPSA) is 503 Å². The van der Waals surface area contributed by atoms with E-state index in [9.17, 15) is 85.3 Å². The monoisotopic (exact) mass is 1480 g/mol. The molecule has 0 fully saturated rings. The number of unbranched alkanes of at least 4 members (excludes halogenated alkanes) is 2. The molecule has 0 saturated heterocycles. The van der Waals surface area contributed by atoms with Crippen LogP contribution in [0.4, 0.5) is 49.1 Å². The van der Waals surface area contributed by atoms with Gasteiger partial charge in [-0.25, -0.2) is 59.7 Å². The van der Waals surface area contributed by atoms with E-state index in [4.69, 9.17) is 50.5 Å². The third-order valence-electron chi connectivity index (χ3n) is 11.8. The van der Waals surface area contributed by atoms with Gasteiger partial charge in [0.05, 0.1) is 67.8 Å². The van der Waals surface area contributed by atoms with E-state index in [-0.39, 0.29) is 39.9 Å². The minimum Gasteiger partial charge on any atom is -0.481 e. The Morgan fingerprint density at radius 2 is 1.24 bits per heavy atom. The van der Waals surface area contributed by atoms with Crippen LogP contribution in [0.15, 0.2) is 92.8 Å². The molecule has 3 aromatic heterocycles. The van der Waals surface area contributed by atoms with Gasteiger partial charge in [-0.15, -0.1) is 0 Å². The van der Waals surface area contributed by atoms with Crippen LogP contribution in [0.2, 0.25) is 5.02 Å². The number of carboxylic acids is 2. The molecule has 530 valence electrons. The predicted molar refractivity (Wildman–Crippen MR) is 322 cm³/mol. The zero-order chi connectivity index (χ0) is 72.6. The number of imide groups is 1. The lowest BCUT2D eigenvalue weighted by Gasteiger charge is -2.18. The van der Waals surface area contributed by atoms with Crippen molar-refractivity contribution in [2.75, 3.05) is 61.6 Å². The number of rotatable bonds is 27. The summed E-state index contributed by atoms with van der Waals surface area (Å²) in [4.78, 5) is 116. The first kappa shape index (κ1) is 79.9. The Morgan fingerprint density at radius 3 is 1.73 bits per heavy atom. The van der Waals surface area contributed by atoms with Crippen molar-refractivity contribution in [3.05, 3.63) is 94.4 Å². The lowest BCUT2D eigenvalue weighted by atomic mass is 9.93. The number of carbonyl (C=O) groups is 7. The minimum atomic E-state index is -4.71. The maximum Gasteiger partial charge on any atom is 0.388 e. The van der Waals surface area contributed by atoms with E-state index in [1.807, 2.05) is 6.92 Å². The lowest BCUT2D eigenvalue weighted by Crippen LogP contribution is -2.36. The summed E-state index contributed by atoms with van der Waals surface area (Å²) in [5.74, 6) is -8.52. The maximum atomic E-state index is 14.5. The SMILES string of the molecule is CCCCCOC(=O)COc1cc(N2C(=O)C3=C(CCCC3)C2=O)c(F)cc1Cl.CCS(=O)(=O)c1cccnc1S(=O)(=O)NC(=O)Nc1nc(OC)cc(OC)n1.O=C(Nc1nc(OC(F)F)cc(OC(F)F)n1)NS(=O)(=O)c1ccccc1C(=O)O.O=C(O)CNCP(=O)(O)O. The van der Waals surface area contributed by atoms with Gasteiger partial charge < -0.3 is 48.4 Å². The molecule has 97 heavy (non-hydrogen) atoms. The summed E-state index contributed by atoms with van der Waals surface area (Å²) >= 11 is 6.02. The number of halogens is 6. The average Bonchev–Trinajstić information content (AvgIpc) is 1.65. The zero-order valence-corrected chi connectivity index (χ0v) is 54.7. The first-order chi connectivity index (χ1) is 45.4. The number of ether oxygens (including phenoxy) is 6. The van der Waals surface area contributed by atoms with Crippen molar-refractivity contribution in [2.45, 2.75) is 86.8 Å². The summed E-state index contributed by atoms with van der Waals surface area (Å²) in [6.07, 6.45) is 5.90. The second-order valence-electron chi connectivity index (χ2n) is 18.7. The highest BCUT2D eigenvalue weighted by molar-refractivity contribution is 7.93. The fourth-order valence-corrected chi connectivity index (χ4v) is 11.9. The number of nitrogens with zero attached hydrogens (tertiary/aromatic N) is 6. The fraction of sp³-hybridized carbons (Fsp3) is 0.346. The third kappa shape index (κ3) is 25.2. The summed E-state index contributed by atoms with van der Waals surface area (Å²) in [6, 6.07) is 7.85. The molecule has 0 spiro atoms. The summed E-state index contributed by atoms with van der Waals surface area (Å²) in [5, 5.41) is 22.0. The van der Waals surface area contributed by atoms with Crippen LogP contribution in [0.5, 0.6) is 29.3 Å².